The van der Waals surface area contributed by atoms with Crippen LogP contribution < -0.4 is 4.74 Å². The van der Waals surface area contributed by atoms with Crippen molar-refractivity contribution in [1.29, 1.82) is 0 Å². The molecule has 2 saturated carbocycles. The van der Waals surface area contributed by atoms with Gasteiger partial charge in [0.1, 0.15) is 5.75 Å². The van der Waals surface area contributed by atoms with Crippen molar-refractivity contribution in [1.82, 2.24) is 0 Å². The number of rotatable bonds is 2. The van der Waals surface area contributed by atoms with E-state index in [0.29, 0.717) is 4.83 Å². The maximum Gasteiger partial charge on any atom is 0.127 e. The van der Waals surface area contributed by atoms with Crippen LogP contribution in [0.2, 0.25) is 0 Å². The third-order valence-corrected chi connectivity index (χ3v) is 6.61. The number of ether oxygens (including phenoxy) is 1. The molecule has 1 aliphatic heterocycles. The van der Waals surface area contributed by atoms with Gasteiger partial charge in [0, 0.05) is 20.4 Å². The first-order chi connectivity index (χ1) is 8.75. The summed E-state index contributed by atoms with van der Waals surface area (Å²) in [4.78, 5) is 0.509. The molecule has 0 bridgehead atoms. The standard InChI is InChI=1S/C15H16BrIO/c16-14(13-10-2-1-3-11(10)13)12-7-9(17)6-8-4-5-18-15(8)12/h6-7,10-11,13-14H,1-5H2. The zero-order chi connectivity index (χ0) is 12.3. The zero-order valence-corrected chi connectivity index (χ0v) is 13.9. The monoisotopic (exact) mass is 418 g/mol. The molecule has 2 fully saturated rings. The Kier molecular flexibility index (Phi) is 2.91. The van der Waals surface area contributed by atoms with E-state index in [4.69, 9.17) is 4.74 Å². The van der Waals surface area contributed by atoms with Crippen molar-refractivity contribution >= 4 is 38.5 Å². The van der Waals surface area contributed by atoms with Crippen molar-refractivity contribution in [2.45, 2.75) is 30.5 Å². The van der Waals surface area contributed by atoms with Gasteiger partial charge in [0.25, 0.3) is 0 Å². The van der Waals surface area contributed by atoms with Gasteiger partial charge in [0.2, 0.25) is 0 Å². The van der Waals surface area contributed by atoms with Crippen molar-refractivity contribution in [3.05, 3.63) is 26.8 Å². The maximum atomic E-state index is 5.87. The predicted octanol–water partition coefficient (Wildman–Crippen LogP) is 4.71. The van der Waals surface area contributed by atoms with E-state index in [1.54, 1.807) is 0 Å². The van der Waals surface area contributed by atoms with Crippen LogP contribution in [0.25, 0.3) is 0 Å². The minimum atomic E-state index is 0.509. The normalized spacial score (nSPS) is 33.8. The molecule has 2 aliphatic carbocycles. The summed E-state index contributed by atoms with van der Waals surface area (Å²) in [5, 5.41) is 0. The molecule has 96 valence electrons. The summed E-state index contributed by atoms with van der Waals surface area (Å²) in [6.07, 6.45) is 5.43. The molecule has 3 unspecified atom stereocenters. The smallest absolute Gasteiger partial charge is 0.127 e. The highest BCUT2D eigenvalue weighted by Gasteiger charge is 2.56. The Labute approximate surface area is 130 Å². The Morgan fingerprint density at radius 1 is 1.28 bits per heavy atom. The molecule has 0 spiro atoms. The molecule has 1 aromatic carbocycles. The van der Waals surface area contributed by atoms with Crippen molar-refractivity contribution in [2.24, 2.45) is 17.8 Å². The molecule has 0 N–H and O–H groups in total. The second-order valence-electron chi connectivity index (χ2n) is 5.82. The van der Waals surface area contributed by atoms with E-state index in [1.807, 2.05) is 0 Å². The van der Waals surface area contributed by atoms with Crippen LogP contribution in [0.1, 0.15) is 35.2 Å². The molecule has 4 rings (SSSR count). The summed E-state index contributed by atoms with van der Waals surface area (Å²) in [6.45, 7) is 0.861. The molecule has 1 heterocycles. The summed E-state index contributed by atoms with van der Waals surface area (Å²) >= 11 is 6.41. The van der Waals surface area contributed by atoms with Gasteiger partial charge in [0.05, 0.1) is 6.61 Å². The first-order valence-electron chi connectivity index (χ1n) is 6.85. The molecule has 3 heteroatoms. The first kappa shape index (κ1) is 12.0. The highest BCUT2D eigenvalue weighted by molar-refractivity contribution is 14.1. The van der Waals surface area contributed by atoms with E-state index >= 15 is 0 Å². The van der Waals surface area contributed by atoms with Crippen molar-refractivity contribution in [3.63, 3.8) is 0 Å². The van der Waals surface area contributed by atoms with E-state index < -0.39 is 0 Å². The molecule has 0 amide bonds. The van der Waals surface area contributed by atoms with E-state index in [0.717, 1.165) is 30.8 Å². The van der Waals surface area contributed by atoms with Crippen LogP contribution in [0, 0.1) is 21.3 Å². The second-order valence-corrected chi connectivity index (χ2v) is 8.05. The van der Waals surface area contributed by atoms with Gasteiger partial charge in [-0.25, -0.2) is 0 Å². The highest BCUT2D eigenvalue weighted by atomic mass is 127. The van der Waals surface area contributed by atoms with Crippen molar-refractivity contribution < 1.29 is 4.74 Å². The average Bonchev–Trinajstić information content (AvgIpc) is 2.76. The van der Waals surface area contributed by atoms with Crippen LogP contribution in [0.4, 0.5) is 0 Å². The summed E-state index contributed by atoms with van der Waals surface area (Å²) < 4.78 is 7.22. The number of hydrogen-bond acceptors (Lipinski definition) is 1. The van der Waals surface area contributed by atoms with Crippen LogP contribution in [-0.2, 0) is 6.42 Å². The fraction of sp³-hybridized carbons (Fsp3) is 0.600. The average molecular weight is 419 g/mol. The molecule has 1 aromatic rings. The van der Waals surface area contributed by atoms with Gasteiger partial charge in [-0.15, -0.1) is 0 Å². The van der Waals surface area contributed by atoms with Gasteiger partial charge in [-0.2, -0.15) is 0 Å². The zero-order valence-electron chi connectivity index (χ0n) is 10.2. The van der Waals surface area contributed by atoms with E-state index in [2.05, 4.69) is 50.7 Å². The van der Waals surface area contributed by atoms with Gasteiger partial charge >= 0.3 is 0 Å². The highest BCUT2D eigenvalue weighted by Crippen LogP contribution is 2.65. The Hall–Kier alpha value is 0.230. The summed E-state index contributed by atoms with van der Waals surface area (Å²) in [7, 11) is 0. The Balaban J connectivity index is 1.68. The molecule has 0 saturated heterocycles. The lowest BCUT2D eigenvalue weighted by Gasteiger charge is -2.16. The lowest BCUT2D eigenvalue weighted by molar-refractivity contribution is 0.352. The minimum absolute atomic E-state index is 0.509. The molecule has 0 radical (unpaired) electrons. The van der Waals surface area contributed by atoms with Gasteiger partial charge in [-0.3, -0.25) is 0 Å². The third-order valence-electron chi connectivity index (χ3n) is 4.88. The quantitative estimate of drug-likeness (QED) is 0.499. The minimum Gasteiger partial charge on any atom is -0.493 e. The predicted molar refractivity (Wildman–Crippen MR) is 84.3 cm³/mol. The van der Waals surface area contributed by atoms with Crippen LogP contribution in [0.3, 0.4) is 0 Å². The van der Waals surface area contributed by atoms with Crippen LogP contribution in [0.15, 0.2) is 12.1 Å². The van der Waals surface area contributed by atoms with Crippen LogP contribution >= 0.6 is 38.5 Å². The molecule has 1 nitrogen and oxygen atoms in total. The number of hydrogen-bond donors (Lipinski definition) is 0. The van der Waals surface area contributed by atoms with Crippen molar-refractivity contribution in [2.75, 3.05) is 6.61 Å². The van der Waals surface area contributed by atoms with Crippen LogP contribution in [0.5, 0.6) is 5.75 Å². The molecule has 0 aromatic heterocycles. The lowest BCUT2D eigenvalue weighted by atomic mass is 9.99. The number of fused-ring (bicyclic) bond motifs is 2. The lowest BCUT2D eigenvalue weighted by Crippen LogP contribution is -2.01. The van der Waals surface area contributed by atoms with Gasteiger partial charge in [-0.05, 0) is 70.9 Å². The fourth-order valence-corrected chi connectivity index (χ4v) is 5.86. The van der Waals surface area contributed by atoms with Gasteiger partial charge < -0.3 is 4.74 Å². The Bertz CT molecular complexity index is 492. The molecular weight excluding hydrogens is 403 g/mol. The summed E-state index contributed by atoms with van der Waals surface area (Å²) in [5.41, 5.74) is 2.82. The Morgan fingerprint density at radius 3 is 2.83 bits per heavy atom. The largest absolute Gasteiger partial charge is 0.493 e. The summed E-state index contributed by atoms with van der Waals surface area (Å²) in [6, 6.07) is 4.60. The third kappa shape index (κ3) is 1.76. The van der Waals surface area contributed by atoms with Crippen LogP contribution in [-0.4, -0.2) is 6.61 Å². The molecule has 3 aliphatic rings. The maximum absolute atomic E-state index is 5.87. The number of halogens is 2. The van der Waals surface area contributed by atoms with E-state index in [-0.39, 0.29) is 0 Å². The van der Waals surface area contributed by atoms with Gasteiger partial charge in [-0.1, -0.05) is 22.4 Å². The topological polar surface area (TPSA) is 9.23 Å². The first-order valence-corrected chi connectivity index (χ1v) is 8.84. The molecular formula is C15H16BrIO. The number of benzene rings is 1. The summed E-state index contributed by atoms with van der Waals surface area (Å²) in [5.74, 6) is 4.03. The fourth-order valence-electron chi connectivity index (χ4n) is 4.02. The number of alkyl halides is 1. The van der Waals surface area contributed by atoms with E-state index in [9.17, 15) is 0 Å². The second kappa shape index (κ2) is 4.37. The molecule has 3 atom stereocenters. The van der Waals surface area contributed by atoms with E-state index in [1.165, 1.54) is 39.7 Å². The Morgan fingerprint density at radius 2 is 2.06 bits per heavy atom. The molecule has 18 heavy (non-hydrogen) atoms. The van der Waals surface area contributed by atoms with Gasteiger partial charge in [0.15, 0.2) is 0 Å². The SMILES string of the molecule is BrC(c1cc(I)cc2c1OCC2)C1C2CCCC21. The van der Waals surface area contributed by atoms with Crippen molar-refractivity contribution in [3.8, 4) is 5.75 Å².